The normalized spacial score (nSPS) is 20.3. The van der Waals surface area contributed by atoms with Gasteiger partial charge >= 0.3 is 6.36 Å². The number of hydrogen-bond donors (Lipinski definition) is 2. The number of halogens is 4. The highest BCUT2D eigenvalue weighted by Gasteiger charge is 2.32. The molecule has 0 spiro atoms. The van der Waals surface area contributed by atoms with Crippen LogP contribution < -0.4 is 20.4 Å². The molecular formula is C26H34F3IN5O3-. The van der Waals surface area contributed by atoms with E-state index in [4.69, 9.17) is 0 Å². The Bertz CT molecular complexity index is 1050. The highest BCUT2D eigenvalue weighted by Crippen LogP contribution is 2.33. The van der Waals surface area contributed by atoms with Gasteiger partial charge < -0.3 is 30.5 Å². The van der Waals surface area contributed by atoms with Gasteiger partial charge in [0.1, 0.15) is 11.6 Å². The number of nitrogens with zero attached hydrogens (tertiary/aromatic N) is 3. The molecule has 0 radical (unpaired) electrons. The van der Waals surface area contributed by atoms with E-state index in [1.165, 1.54) is 63.6 Å². The average molecular weight is 648 g/mol. The number of rotatable bonds is 12. The maximum atomic E-state index is 12.8. The lowest BCUT2D eigenvalue weighted by molar-refractivity contribution is -0.274. The zero-order valence-electron chi connectivity index (χ0n) is 21.2. The van der Waals surface area contributed by atoms with Crippen LogP contribution in [-0.2, 0) is 9.61 Å². The van der Waals surface area contributed by atoms with E-state index in [2.05, 4.69) is 25.3 Å². The summed E-state index contributed by atoms with van der Waals surface area (Å²) in [4.78, 5) is 6.84. The van der Waals surface area contributed by atoms with Crippen LogP contribution in [0, 0.1) is 17.0 Å². The zero-order chi connectivity index (χ0) is 27.0. The maximum absolute atomic E-state index is 12.8. The number of alkyl halides is 4. The molecule has 1 aromatic carbocycles. The molecule has 210 valence electrons. The van der Waals surface area contributed by atoms with Crippen molar-refractivity contribution in [2.24, 2.45) is 11.8 Å². The summed E-state index contributed by atoms with van der Waals surface area (Å²) in [5.74, 6) is 1.35. The van der Waals surface area contributed by atoms with Crippen molar-refractivity contribution >= 4 is 38.4 Å². The molecule has 8 nitrogen and oxygen atoms in total. The smallest absolute Gasteiger partial charge is 0.573 e. The van der Waals surface area contributed by atoms with E-state index in [9.17, 15) is 21.4 Å². The molecule has 38 heavy (non-hydrogen) atoms. The van der Waals surface area contributed by atoms with Gasteiger partial charge in [-0.05, 0) is 69.5 Å². The van der Waals surface area contributed by atoms with Crippen LogP contribution in [0.3, 0.4) is 0 Å². The lowest BCUT2D eigenvalue weighted by Crippen LogP contribution is -2.30. The molecular weight excluding hydrogens is 614 g/mol. The Hall–Kier alpha value is -2.19. The van der Waals surface area contributed by atoms with Gasteiger partial charge in [-0.1, -0.05) is 18.2 Å². The third-order valence-electron chi connectivity index (χ3n) is 7.23. The minimum absolute atomic E-state index is 0.0478. The number of aromatic nitrogens is 1. The highest BCUT2D eigenvalue weighted by molar-refractivity contribution is 14.1. The molecule has 1 aromatic heterocycles. The molecule has 0 atom stereocenters. The van der Waals surface area contributed by atoms with Gasteiger partial charge in [-0.25, -0.2) is 4.98 Å². The Morgan fingerprint density at radius 3 is 2.53 bits per heavy atom. The first-order valence-electron chi connectivity index (χ1n) is 13.0. The van der Waals surface area contributed by atoms with Crippen molar-refractivity contribution < 1.29 is 21.0 Å². The largest absolute Gasteiger partial charge is 0.758 e. The number of nitrogens with one attached hydrogen (secondary N) is 2. The summed E-state index contributed by atoms with van der Waals surface area (Å²) >= 11 is -1.48. The number of hydrogen-bond acceptors (Lipinski definition) is 8. The second-order valence-electron chi connectivity index (χ2n) is 9.98. The Kier molecular flexibility index (Phi) is 10.4. The number of benzene rings is 1. The molecule has 0 bridgehead atoms. The molecule has 2 aromatic rings. The van der Waals surface area contributed by atoms with Crippen molar-refractivity contribution in [1.82, 2.24) is 9.88 Å². The number of anilines is 3. The van der Waals surface area contributed by atoms with Gasteiger partial charge in [-0.2, -0.15) is 0 Å². The lowest BCUT2D eigenvalue weighted by atomic mass is 9.81. The summed E-state index contributed by atoms with van der Waals surface area (Å²) in [5, 5.41) is 19.6. The first-order valence-corrected chi connectivity index (χ1v) is 15.4. The van der Waals surface area contributed by atoms with Crippen molar-refractivity contribution in [2.45, 2.75) is 51.4 Å². The third kappa shape index (κ3) is 8.67. The predicted octanol–water partition coefficient (Wildman–Crippen LogP) is 6.48. The molecule has 12 heteroatoms. The number of para-hydroxylation sites is 1. The Morgan fingerprint density at radius 1 is 1.11 bits per heavy atom. The summed E-state index contributed by atoms with van der Waals surface area (Å²) in [6.07, 6.45) is 3.89. The van der Waals surface area contributed by atoms with Gasteiger partial charge in [0.05, 0.1) is 22.1 Å². The van der Waals surface area contributed by atoms with E-state index in [0.717, 1.165) is 18.8 Å². The van der Waals surface area contributed by atoms with E-state index in [-0.39, 0.29) is 16.8 Å². The molecule has 0 amide bonds. The highest BCUT2D eigenvalue weighted by atomic mass is 127. The molecule has 4 rings (SSSR count). The molecule has 1 saturated heterocycles. The van der Waals surface area contributed by atoms with Crippen molar-refractivity contribution in [3.63, 3.8) is 0 Å². The fourth-order valence-electron chi connectivity index (χ4n) is 5.26. The van der Waals surface area contributed by atoms with E-state index in [0.29, 0.717) is 40.3 Å². The minimum atomic E-state index is -4.79. The molecule has 2 heterocycles. The Morgan fingerprint density at radius 2 is 1.82 bits per heavy atom. The Balaban J connectivity index is 1.37. The summed E-state index contributed by atoms with van der Waals surface area (Å²) in [7, 11) is 0. The van der Waals surface area contributed by atoms with Gasteiger partial charge in [0.25, 0.3) is 0 Å². The fourth-order valence-corrected chi connectivity index (χ4v) is 5.88. The second-order valence-corrected chi connectivity index (χ2v) is 11.3. The topological polar surface area (TPSA) is 92.8 Å². The van der Waals surface area contributed by atoms with Crippen LogP contribution in [0.15, 0.2) is 36.5 Å². The first kappa shape index (κ1) is 28.8. The maximum Gasteiger partial charge on any atom is 0.573 e. The van der Waals surface area contributed by atoms with Crippen LogP contribution >= 0.6 is 21.2 Å². The number of hydroxylamine groups is 1. The van der Waals surface area contributed by atoms with Crippen molar-refractivity contribution in [3.8, 4) is 5.75 Å². The van der Waals surface area contributed by atoms with Crippen LogP contribution in [0.5, 0.6) is 5.75 Å². The van der Waals surface area contributed by atoms with Gasteiger partial charge in [-0.3, -0.25) is 3.07 Å². The minimum Gasteiger partial charge on any atom is -0.758 e. The third-order valence-corrected chi connectivity index (χ3v) is 8.13. The van der Waals surface area contributed by atoms with Crippen molar-refractivity contribution in [2.75, 3.05) is 46.4 Å². The van der Waals surface area contributed by atoms with Crippen LogP contribution in [0.25, 0.3) is 0 Å². The van der Waals surface area contributed by atoms with Gasteiger partial charge in [-0.15, -0.1) is 13.2 Å². The molecule has 1 aliphatic carbocycles. The standard InChI is InChI=1S/C26H34F3IN5O3/c27-26(28,29)38-24-6-2-1-5-21(24)15-32-25-13-22(23(16-33-25)35(37)18-30-36)31-14-19-7-9-20(10-8-19)17-34-11-3-4-12-34/h1-2,5-6,13,16,19-20H,3-4,7-12,14-15,17-18H2,(H2,31,32,33)/q-1. The quantitative estimate of drug-likeness (QED) is 0.117. The molecule has 2 N–H and O–H groups in total. The monoisotopic (exact) mass is 648 g/mol. The molecule has 1 aliphatic heterocycles. The van der Waals surface area contributed by atoms with Crippen molar-refractivity contribution in [3.05, 3.63) is 47.3 Å². The van der Waals surface area contributed by atoms with Gasteiger partial charge in [0, 0.05) is 31.3 Å². The fraction of sp³-hybridized carbons (Fsp3) is 0.577. The van der Waals surface area contributed by atoms with Crippen LogP contribution in [0.1, 0.15) is 44.1 Å². The van der Waals surface area contributed by atoms with Crippen molar-refractivity contribution in [1.29, 1.82) is 0 Å². The Labute approximate surface area is 231 Å². The molecule has 0 unspecified atom stereocenters. The SMILES string of the molecule is O=ICN([O-])c1cnc(NCc2ccccc2OC(F)(F)F)cc1NCC1CCC(CN2CCCC2)CC1. The molecule has 1 saturated carbocycles. The summed E-state index contributed by atoms with van der Waals surface area (Å²) in [5.41, 5.74) is 1.18. The van der Waals surface area contributed by atoms with E-state index < -0.39 is 27.6 Å². The second kappa shape index (κ2) is 13.7. The number of pyridine rings is 1. The number of likely N-dealkylation sites (tertiary alicyclic amines) is 1. The summed E-state index contributed by atoms with van der Waals surface area (Å²) in [6, 6.07) is 7.58. The van der Waals surface area contributed by atoms with Crippen LogP contribution in [0.4, 0.5) is 30.4 Å². The van der Waals surface area contributed by atoms with Gasteiger partial charge in [0.15, 0.2) is 21.2 Å². The predicted molar refractivity (Wildman–Crippen MR) is 150 cm³/mol. The number of ether oxygens (including phenoxy) is 1. The van der Waals surface area contributed by atoms with E-state index in [1.807, 2.05) is 0 Å². The average Bonchev–Trinajstić information content (AvgIpc) is 3.40. The molecule has 2 aliphatic rings. The van der Waals surface area contributed by atoms with Crippen LogP contribution in [0.2, 0.25) is 0 Å². The van der Waals surface area contributed by atoms with E-state index in [1.54, 1.807) is 18.2 Å². The summed E-state index contributed by atoms with van der Waals surface area (Å²) in [6.45, 7) is 4.40. The zero-order valence-corrected chi connectivity index (χ0v) is 23.3. The summed E-state index contributed by atoms with van der Waals surface area (Å²) < 4.78 is 53.4. The van der Waals surface area contributed by atoms with Gasteiger partial charge in [0.2, 0.25) is 0 Å². The van der Waals surface area contributed by atoms with E-state index >= 15 is 0 Å². The molecule has 2 fully saturated rings. The first-order chi connectivity index (χ1) is 18.3. The lowest BCUT2D eigenvalue weighted by Gasteiger charge is -2.33. The van der Waals surface area contributed by atoms with Crippen LogP contribution in [-0.4, -0.2) is 47.0 Å².